The minimum Gasteiger partial charge on any atom is -0.397 e. The number of hydrogen-bond acceptors (Lipinski definition) is 5. The molecule has 0 spiro atoms. The van der Waals surface area contributed by atoms with E-state index in [1.807, 2.05) is 13.0 Å². The maximum absolute atomic E-state index is 12.0. The van der Waals surface area contributed by atoms with Crippen molar-refractivity contribution < 1.29 is 9.90 Å². The van der Waals surface area contributed by atoms with E-state index in [9.17, 15) is 9.90 Å². The summed E-state index contributed by atoms with van der Waals surface area (Å²) in [7, 11) is 0. The highest BCUT2D eigenvalue weighted by Gasteiger charge is 2.35. The molecular formula is C13H18N2O2S. The summed E-state index contributed by atoms with van der Waals surface area (Å²) in [6.45, 7) is 3.29. The number of hydrogen-bond donors (Lipinski definition) is 2. The van der Waals surface area contributed by atoms with Crippen LogP contribution < -0.4 is 10.6 Å². The van der Waals surface area contributed by atoms with Crippen molar-refractivity contribution in [3.8, 4) is 0 Å². The van der Waals surface area contributed by atoms with Crippen LogP contribution >= 0.6 is 11.3 Å². The number of rotatable bonds is 3. The van der Waals surface area contributed by atoms with Crippen LogP contribution in [-0.4, -0.2) is 29.6 Å². The van der Waals surface area contributed by atoms with E-state index < -0.39 is 5.60 Å². The highest BCUT2D eigenvalue weighted by molar-refractivity contribution is 7.18. The van der Waals surface area contributed by atoms with Crippen LogP contribution in [-0.2, 0) is 0 Å². The van der Waals surface area contributed by atoms with Crippen molar-refractivity contribution >= 4 is 27.8 Å². The fourth-order valence-electron chi connectivity index (χ4n) is 2.40. The van der Waals surface area contributed by atoms with Crippen molar-refractivity contribution in [1.82, 2.24) is 0 Å². The number of nitrogens with two attached hydrogens (primary N) is 1. The third-order valence-corrected chi connectivity index (χ3v) is 4.91. The van der Waals surface area contributed by atoms with Gasteiger partial charge in [0.1, 0.15) is 0 Å². The minimum atomic E-state index is -0.626. The minimum absolute atomic E-state index is 0.203. The van der Waals surface area contributed by atoms with Crippen LogP contribution in [0.3, 0.4) is 0 Å². The molecule has 1 aliphatic carbocycles. The van der Waals surface area contributed by atoms with E-state index in [0.717, 1.165) is 30.8 Å². The van der Waals surface area contributed by atoms with Crippen LogP contribution in [0.1, 0.15) is 35.9 Å². The Balaban J connectivity index is 1.82. The van der Waals surface area contributed by atoms with Crippen molar-refractivity contribution in [2.45, 2.75) is 31.8 Å². The highest BCUT2D eigenvalue weighted by Crippen LogP contribution is 2.41. The first-order valence-electron chi connectivity index (χ1n) is 6.37. The number of aliphatic hydroxyl groups is 1. The van der Waals surface area contributed by atoms with Crippen LogP contribution in [0.5, 0.6) is 0 Å². The van der Waals surface area contributed by atoms with Crippen LogP contribution in [0.15, 0.2) is 6.07 Å². The summed E-state index contributed by atoms with van der Waals surface area (Å²) in [6.07, 6.45) is 2.77. The van der Waals surface area contributed by atoms with Crippen molar-refractivity contribution in [2.75, 3.05) is 23.7 Å². The second kappa shape index (κ2) is 3.96. The molecule has 2 aliphatic rings. The Hall–Kier alpha value is -1.07. The van der Waals surface area contributed by atoms with Gasteiger partial charge in [-0.3, -0.25) is 4.79 Å². The molecule has 2 fully saturated rings. The van der Waals surface area contributed by atoms with Gasteiger partial charge in [0.2, 0.25) is 0 Å². The number of carbonyl (C=O) groups is 1. The average Bonchev–Trinajstić information content (AvgIpc) is 2.99. The summed E-state index contributed by atoms with van der Waals surface area (Å²) < 4.78 is 0. The predicted octanol–water partition coefficient (Wildman–Crippen LogP) is 1.88. The summed E-state index contributed by atoms with van der Waals surface area (Å²) in [6, 6.07) is 1.88. The molecule has 0 radical (unpaired) electrons. The summed E-state index contributed by atoms with van der Waals surface area (Å²) in [4.78, 5) is 14.9. The second-order valence-electron chi connectivity index (χ2n) is 5.68. The van der Waals surface area contributed by atoms with Crippen LogP contribution in [0.25, 0.3) is 0 Å². The van der Waals surface area contributed by atoms with Gasteiger partial charge in [0.15, 0.2) is 5.78 Å². The second-order valence-corrected chi connectivity index (χ2v) is 6.71. The number of nitrogen functional groups attached to an aromatic ring is 1. The first kappa shape index (κ1) is 12.0. The normalized spacial score (nSPS) is 27.8. The molecule has 0 bridgehead atoms. The maximum Gasteiger partial charge on any atom is 0.178 e. The van der Waals surface area contributed by atoms with E-state index in [-0.39, 0.29) is 11.7 Å². The Bertz CT molecular complexity index is 491. The van der Waals surface area contributed by atoms with Crippen molar-refractivity contribution in [2.24, 2.45) is 5.92 Å². The van der Waals surface area contributed by atoms with Crippen LogP contribution in [0, 0.1) is 5.92 Å². The zero-order valence-electron chi connectivity index (χ0n) is 10.5. The lowest BCUT2D eigenvalue weighted by molar-refractivity contribution is 0.0839. The third kappa shape index (κ3) is 2.12. The fraction of sp³-hybridized carbons (Fsp3) is 0.615. The van der Waals surface area contributed by atoms with Crippen LogP contribution in [0.4, 0.5) is 10.7 Å². The summed E-state index contributed by atoms with van der Waals surface area (Å²) in [5.41, 5.74) is 5.91. The van der Waals surface area contributed by atoms with Gasteiger partial charge in [-0.05, 0) is 32.3 Å². The number of thiophene rings is 1. The van der Waals surface area contributed by atoms with Gasteiger partial charge < -0.3 is 15.7 Å². The van der Waals surface area contributed by atoms with Gasteiger partial charge >= 0.3 is 0 Å². The highest BCUT2D eigenvalue weighted by atomic mass is 32.1. The van der Waals surface area contributed by atoms with Gasteiger partial charge in [-0.1, -0.05) is 0 Å². The van der Waals surface area contributed by atoms with Gasteiger partial charge in [0.25, 0.3) is 0 Å². The lowest BCUT2D eigenvalue weighted by Gasteiger charge is -2.18. The number of Topliss-reactive ketones (excluding diaryl/α,β-unsaturated/α-hetero) is 1. The molecule has 0 aromatic carbocycles. The van der Waals surface area contributed by atoms with E-state index in [1.54, 1.807) is 0 Å². The molecule has 2 heterocycles. The topological polar surface area (TPSA) is 66.6 Å². The first-order chi connectivity index (χ1) is 8.46. The molecule has 1 atom stereocenters. The molecule has 1 saturated carbocycles. The molecule has 3 N–H and O–H groups in total. The standard InChI is InChI=1S/C13H18N2O2S/c1-13(17)4-5-15(7-13)10-6-9(14)12(18-10)11(16)8-2-3-8/h6,8,17H,2-5,7,14H2,1H3. The van der Waals surface area contributed by atoms with Crippen LogP contribution in [0.2, 0.25) is 0 Å². The first-order valence-corrected chi connectivity index (χ1v) is 7.19. The molecule has 1 unspecified atom stereocenters. The summed E-state index contributed by atoms with van der Waals surface area (Å²) in [5.74, 6) is 0.412. The van der Waals surface area contributed by atoms with Gasteiger partial charge in [-0.2, -0.15) is 0 Å². The van der Waals surface area contributed by atoms with E-state index in [4.69, 9.17) is 5.73 Å². The van der Waals surface area contributed by atoms with Gasteiger partial charge in [-0.15, -0.1) is 11.3 Å². The molecule has 1 aromatic heterocycles. The quantitative estimate of drug-likeness (QED) is 0.820. The molecular weight excluding hydrogens is 248 g/mol. The SMILES string of the molecule is CC1(O)CCN(c2cc(N)c(C(=O)C3CC3)s2)C1. The van der Waals surface area contributed by atoms with Gasteiger partial charge in [-0.25, -0.2) is 0 Å². The average molecular weight is 266 g/mol. The Morgan fingerprint density at radius 1 is 1.61 bits per heavy atom. The van der Waals surface area contributed by atoms with Gasteiger partial charge in [0.05, 0.1) is 21.2 Å². The van der Waals surface area contributed by atoms with E-state index >= 15 is 0 Å². The molecule has 1 aromatic rings. The monoisotopic (exact) mass is 266 g/mol. The maximum atomic E-state index is 12.0. The molecule has 1 saturated heterocycles. The van der Waals surface area contributed by atoms with Crippen molar-refractivity contribution in [3.05, 3.63) is 10.9 Å². The van der Waals surface area contributed by atoms with E-state index in [2.05, 4.69) is 4.90 Å². The zero-order valence-corrected chi connectivity index (χ0v) is 11.3. The number of β-amino-alcohol motifs (C(OH)–C–C–N with tert-alkyl or cyclic N) is 1. The Kier molecular flexibility index (Phi) is 2.64. The summed E-state index contributed by atoms with van der Waals surface area (Å²) in [5, 5.41) is 11.0. The number of ketones is 1. The summed E-state index contributed by atoms with van der Waals surface area (Å²) >= 11 is 1.47. The molecule has 1 aliphatic heterocycles. The van der Waals surface area contributed by atoms with Crippen molar-refractivity contribution in [3.63, 3.8) is 0 Å². The Labute approximate surface area is 110 Å². The molecule has 0 amide bonds. The largest absolute Gasteiger partial charge is 0.397 e. The van der Waals surface area contributed by atoms with E-state index in [1.165, 1.54) is 11.3 Å². The van der Waals surface area contributed by atoms with Crippen molar-refractivity contribution in [1.29, 1.82) is 0 Å². The molecule has 4 nitrogen and oxygen atoms in total. The third-order valence-electron chi connectivity index (χ3n) is 3.68. The molecule has 98 valence electrons. The Morgan fingerprint density at radius 2 is 2.33 bits per heavy atom. The number of anilines is 2. The zero-order chi connectivity index (χ0) is 12.9. The lowest BCUT2D eigenvalue weighted by Crippen LogP contribution is -2.29. The molecule has 5 heteroatoms. The predicted molar refractivity (Wildman–Crippen MR) is 73.2 cm³/mol. The number of carbonyl (C=O) groups excluding carboxylic acids is 1. The Morgan fingerprint density at radius 3 is 2.89 bits per heavy atom. The lowest BCUT2D eigenvalue weighted by atomic mass is 10.1. The van der Waals surface area contributed by atoms with E-state index in [0.29, 0.717) is 17.1 Å². The molecule has 3 rings (SSSR count). The van der Waals surface area contributed by atoms with Gasteiger partial charge in [0, 0.05) is 19.0 Å². The number of nitrogens with zero attached hydrogens (tertiary/aromatic N) is 1. The fourth-order valence-corrected chi connectivity index (χ4v) is 3.53. The molecule has 18 heavy (non-hydrogen) atoms. The smallest absolute Gasteiger partial charge is 0.178 e.